The van der Waals surface area contributed by atoms with Gasteiger partial charge in [-0.25, -0.2) is 9.97 Å². The van der Waals surface area contributed by atoms with Crippen LogP contribution < -0.4 is 16.4 Å². The Labute approximate surface area is 144 Å². The summed E-state index contributed by atoms with van der Waals surface area (Å²) in [6, 6.07) is 0. The molecule has 0 unspecified atom stereocenters. The Balaban J connectivity index is 1.46. The number of nitrogen functional groups attached to an aromatic ring is 1. The Morgan fingerprint density at radius 1 is 1.12 bits per heavy atom. The number of ether oxygens (including phenoxy) is 1. The van der Waals surface area contributed by atoms with Gasteiger partial charge < -0.3 is 21.1 Å². The molecule has 0 aliphatic heterocycles. The number of hydrogen-bond acceptors (Lipinski definition) is 6. The van der Waals surface area contributed by atoms with E-state index in [1.165, 1.54) is 38.5 Å². The van der Waals surface area contributed by atoms with Crippen molar-refractivity contribution in [3.63, 3.8) is 0 Å². The monoisotopic (exact) mass is 331 g/mol. The number of methoxy groups -OCH3 is 1. The molecular formula is C18H29N5O. The molecule has 0 amide bonds. The van der Waals surface area contributed by atoms with Crippen molar-refractivity contribution >= 4 is 17.3 Å². The number of aromatic nitrogens is 2. The van der Waals surface area contributed by atoms with E-state index in [2.05, 4.69) is 20.6 Å². The number of hydrogen-bond donors (Lipinski definition) is 3. The van der Waals surface area contributed by atoms with Crippen LogP contribution in [-0.2, 0) is 4.74 Å². The normalized spacial score (nSPS) is 33.6. The zero-order valence-electron chi connectivity index (χ0n) is 14.6. The van der Waals surface area contributed by atoms with E-state index in [0.29, 0.717) is 5.69 Å². The summed E-state index contributed by atoms with van der Waals surface area (Å²) in [5.41, 5.74) is 7.20. The highest BCUT2D eigenvalue weighted by Crippen LogP contribution is 2.56. The Morgan fingerprint density at radius 2 is 1.75 bits per heavy atom. The van der Waals surface area contributed by atoms with Crippen molar-refractivity contribution in [2.45, 2.75) is 50.5 Å². The van der Waals surface area contributed by atoms with Gasteiger partial charge in [0.15, 0.2) is 11.6 Å². The zero-order chi connectivity index (χ0) is 16.6. The molecule has 24 heavy (non-hydrogen) atoms. The number of rotatable bonds is 7. The maximum Gasteiger partial charge on any atom is 0.155 e. The van der Waals surface area contributed by atoms with Crippen molar-refractivity contribution in [1.29, 1.82) is 0 Å². The highest BCUT2D eigenvalue weighted by molar-refractivity contribution is 5.74. The van der Waals surface area contributed by atoms with Crippen LogP contribution in [0, 0.1) is 17.8 Å². The number of anilines is 3. The van der Waals surface area contributed by atoms with E-state index in [4.69, 9.17) is 10.5 Å². The highest BCUT2D eigenvalue weighted by atomic mass is 16.5. The number of nitrogens with zero attached hydrogens (tertiary/aromatic N) is 2. The molecule has 5 rings (SSSR count). The molecule has 6 heteroatoms. The molecule has 4 saturated carbocycles. The van der Waals surface area contributed by atoms with Crippen molar-refractivity contribution < 1.29 is 4.74 Å². The van der Waals surface area contributed by atoms with Crippen molar-refractivity contribution in [3.8, 4) is 0 Å². The van der Waals surface area contributed by atoms with Gasteiger partial charge in [0.2, 0.25) is 0 Å². The molecule has 4 fully saturated rings. The van der Waals surface area contributed by atoms with Gasteiger partial charge in [-0.05, 0) is 62.7 Å². The van der Waals surface area contributed by atoms with Gasteiger partial charge in [0.05, 0.1) is 0 Å². The first-order valence-corrected chi connectivity index (χ1v) is 9.29. The summed E-state index contributed by atoms with van der Waals surface area (Å²) in [7, 11) is 1.71. The molecule has 0 saturated heterocycles. The molecule has 0 radical (unpaired) electrons. The molecule has 1 aromatic heterocycles. The molecule has 1 heterocycles. The number of nitrogens with one attached hydrogen (secondary N) is 2. The zero-order valence-corrected chi connectivity index (χ0v) is 14.6. The lowest BCUT2D eigenvalue weighted by molar-refractivity contribution is 0.0106. The van der Waals surface area contributed by atoms with Gasteiger partial charge >= 0.3 is 0 Å². The van der Waals surface area contributed by atoms with Crippen LogP contribution in [0.3, 0.4) is 0 Å². The molecule has 4 aliphatic carbocycles. The van der Waals surface area contributed by atoms with E-state index in [9.17, 15) is 0 Å². The van der Waals surface area contributed by atoms with E-state index < -0.39 is 0 Å². The van der Waals surface area contributed by atoms with Crippen LogP contribution in [-0.4, -0.2) is 35.8 Å². The second-order valence-electron chi connectivity index (χ2n) is 8.08. The van der Waals surface area contributed by atoms with Gasteiger partial charge in [-0.1, -0.05) is 0 Å². The van der Waals surface area contributed by atoms with Gasteiger partial charge in [0.1, 0.15) is 12.0 Å². The van der Waals surface area contributed by atoms with Crippen LogP contribution in [0.2, 0.25) is 0 Å². The second kappa shape index (κ2) is 6.39. The fourth-order valence-corrected chi connectivity index (χ4v) is 5.57. The molecule has 4 N–H and O–H groups in total. The lowest BCUT2D eigenvalue weighted by Crippen LogP contribution is -2.55. The maximum absolute atomic E-state index is 6.35. The first-order chi connectivity index (χ1) is 11.7. The molecule has 1 aromatic rings. The molecule has 132 valence electrons. The van der Waals surface area contributed by atoms with Crippen molar-refractivity contribution in [2.24, 2.45) is 17.8 Å². The Bertz CT molecular complexity index is 555. The summed E-state index contributed by atoms with van der Waals surface area (Å²) in [6.45, 7) is 1.53. The van der Waals surface area contributed by atoms with Crippen molar-refractivity contribution in [2.75, 3.05) is 36.6 Å². The third-order valence-electron chi connectivity index (χ3n) is 6.12. The topological polar surface area (TPSA) is 85.1 Å². The first-order valence-electron chi connectivity index (χ1n) is 9.29. The minimum absolute atomic E-state index is 0.213. The van der Waals surface area contributed by atoms with Crippen molar-refractivity contribution in [1.82, 2.24) is 9.97 Å². The summed E-state index contributed by atoms with van der Waals surface area (Å²) >= 11 is 0. The average Bonchev–Trinajstić information content (AvgIpc) is 2.53. The minimum atomic E-state index is 0.213. The first kappa shape index (κ1) is 15.9. The van der Waals surface area contributed by atoms with E-state index in [1.807, 2.05) is 0 Å². The molecule has 0 atom stereocenters. The van der Waals surface area contributed by atoms with E-state index >= 15 is 0 Å². The quantitative estimate of drug-likeness (QED) is 0.666. The molecule has 0 spiro atoms. The minimum Gasteiger partial charge on any atom is -0.393 e. The standard InChI is InChI=1S/C18H29N5O/c1-24-4-2-3-20-16-15(19)17(22-11-21-16)23-18-8-12-5-13(9-18)7-14(6-12)10-18/h11-14H,2-10,19H2,1H3,(H2,20,21,22,23). The SMILES string of the molecule is COCCCNc1ncnc(NC23CC4CC(CC(C4)C2)C3)c1N. The van der Waals surface area contributed by atoms with Gasteiger partial charge in [0, 0.05) is 25.8 Å². The Morgan fingerprint density at radius 3 is 2.38 bits per heavy atom. The van der Waals surface area contributed by atoms with Gasteiger partial charge in [-0.2, -0.15) is 0 Å². The lowest BCUT2D eigenvalue weighted by atomic mass is 9.53. The van der Waals surface area contributed by atoms with Crippen LogP contribution in [0.5, 0.6) is 0 Å². The Hall–Kier alpha value is -1.56. The largest absolute Gasteiger partial charge is 0.393 e. The predicted molar refractivity (Wildman–Crippen MR) is 96.0 cm³/mol. The predicted octanol–water partition coefficient (Wildman–Crippen LogP) is 2.89. The lowest BCUT2D eigenvalue weighted by Gasteiger charge is -2.57. The van der Waals surface area contributed by atoms with Gasteiger partial charge in [-0.15, -0.1) is 0 Å². The molecule has 6 nitrogen and oxygen atoms in total. The maximum atomic E-state index is 6.35. The van der Waals surface area contributed by atoms with Crippen LogP contribution >= 0.6 is 0 Å². The van der Waals surface area contributed by atoms with E-state index in [-0.39, 0.29) is 5.54 Å². The van der Waals surface area contributed by atoms with Crippen molar-refractivity contribution in [3.05, 3.63) is 6.33 Å². The highest BCUT2D eigenvalue weighted by Gasteiger charge is 2.51. The third kappa shape index (κ3) is 3.04. The molecular weight excluding hydrogens is 302 g/mol. The average molecular weight is 331 g/mol. The third-order valence-corrected chi connectivity index (χ3v) is 6.12. The second-order valence-corrected chi connectivity index (χ2v) is 8.08. The Kier molecular flexibility index (Phi) is 4.24. The van der Waals surface area contributed by atoms with E-state index in [0.717, 1.165) is 49.0 Å². The van der Waals surface area contributed by atoms with E-state index in [1.54, 1.807) is 13.4 Å². The summed E-state index contributed by atoms with van der Waals surface area (Å²) in [5, 5.41) is 7.06. The van der Waals surface area contributed by atoms with Crippen LogP contribution in [0.1, 0.15) is 44.9 Å². The fraction of sp³-hybridized carbons (Fsp3) is 0.778. The van der Waals surface area contributed by atoms with Crippen LogP contribution in [0.15, 0.2) is 6.33 Å². The van der Waals surface area contributed by atoms with Gasteiger partial charge in [-0.3, -0.25) is 0 Å². The van der Waals surface area contributed by atoms with Gasteiger partial charge in [0.25, 0.3) is 0 Å². The molecule has 4 aliphatic rings. The summed E-state index contributed by atoms with van der Waals surface area (Å²) in [5.74, 6) is 4.24. The fourth-order valence-electron chi connectivity index (χ4n) is 5.57. The summed E-state index contributed by atoms with van der Waals surface area (Å²) < 4.78 is 5.08. The van der Waals surface area contributed by atoms with Crippen LogP contribution in [0.25, 0.3) is 0 Å². The summed E-state index contributed by atoms with van der Waals surface area (Å²) in [4.78, 5) is 8.75. The smallest absolute Gasteiger partial charge is 0.155 e. The summed E-state index contributed by atoms with van der Waals surface area (Å²) in [6.07, 6.45) is 10.7. The molecule has 4 bridgehead atoms. The molecule has 0 aromatic carbocycles. The number of nitrogens with two attached hydrogens (primary N) is 1. The van der Waals surface area contributed by atoms with Crippen LogP contribution in [0.4, 0.5) is 17.3 Å².